The molecule has 94 valence electrons. The van der Waals surface area contributed by atoms with Crippen LogP contribution in [0.3, 0.4) is 0 Å². The molecule has 0 aliphatic rings. The van der Waals surface area contributed by atoms with Gasteiger partial charge in [0, 0.05) is 0 Å². The molecule has 0 saturated heterocycles. The molecule has 0 aliphatic carbocycles. The summed E-state index contributed by atoms with van der Waals surface area (Å²) in [4.78, 5) is 23.3. The maximum Gasteiger partial charge on any atom is 0.337 e. The van der Waals surface area contributed by atoms with Crippen molar-refractivity contribution in [2.24, 2.45) is 5.73 Å². The molecule has 16 heavy (non-hydrogen) atoms. The topological polar surface area (TPSA) is 78.6 Å². The Bertz CT molecular complexity index is 222. The molecule has 2 N–H and O–H groups in total. The number of carbonyl (C=O) groups excluding carboxylic acids is 2. The van der Waals surface area contributed by atoms with Crippen LogP contribution in [0.5, 0.6) is 0 Å². The molecule has 0 bridgehead atoms. The van der Waals surface area contributed by atoms with E-state index in [2.05, 4.69) is 0 Å². The van der Waals surface area contributed by atoms with E-state index in [1.807, 2.05) is 6.92 Å². The summed E-state index contributed by atoms with van der Waals surface area (Å²) in [6.07, 6.45) is 1.77. The van der Waals surface area contributed by atoms with Crippen molar-refractivity contribution in [3.8, 4) is 0 Å². The van der Waals surface area contributed by atoms with Gasteiger partial charge in [0.05, 0.1) is 13.2 Å². The molecule has 0 aromatic carbocycles. The molecule has 5 nitrogen and oxygen atoms in total. The normalized spacial score (nSPS) is 11.0. The molecule has 0 rings (SSSR count). The van der Waals surface area contributed by atoms with Crippen LogP contribution in [-0.2, 0) is 19.1 Å². The van der Waals surface area contributed by atoms with Crippen LogP contribution in [0.1, 0.15) is 40.0 Å². The SMILES string of the molecule is CCCCC(N)(C(=O)OCC)C(=O)OCC. The van der Waals surface area contributed by atoms with E-state index in [-0.39, 0.29) is 19.6 Å². The minimum absolute atomic E-state index is 0.198. The van der Waals surface area contributed by atoms with E-state index in [1.165, 1.54) is 0 Å². The van der Waals surface area contributed by atoms with Gasteiger partial charge in [-0.15, -0.1) is 0 Å². The zero-order chi connectivity index (χ0) is 12.6. The fourth-order valence-electron chi connectivity index (χ4n) is 1.26. The standard InChI is InChI=1S/C11H21NO4/c1-4-7-8-11(12,9(13)15-5-2)10(14)16-6-3/h4-8,12H2,1-3H3. The summed E-state index contributed by atoms with van der Waals surface area (Å²) in [5.74, 6) is -1.41. The smallest absolute Gasteiger partial charge is 0.337 e. The molecule has 0 unspecified atom stereocenters. The van der Waals surface area contributed by atoms with Crippen molar-refractivity contribution in [2.45, 2.75) is 45.6 Å². The Labute approximate surface area is 96.3 Å². The lowest BCUT2D eigenvalue weighted by Crippen LogP contribution is -2.56. The molecule has 0 fully saturated rings. The summed E-state index contributed by atoms with van der Waals surface area (Å²) >= 11 is 0. The number of carbonyl (C=O) groups is 2. The quantitative estimate of drug-likeness (QED) is 0.522. The third kappa shape index (κ3) is 3.81. The highest BCUT2D eigenvalue weighted by Crippen LogP contribution is 2.16. The molecule has 0 spiro atoms. The van der Waals surface area contributed by atoms with E-state index >= 15 is 0 Å². The number of hydrogen-bond acceptors (Lipinski definition) is 5. The Morgan fingerprint density at radius 1 is 1.06 bits per heavy atom. The second-order valence-electron chi connectivity index (χ2n) is 3.52. The summed E-state index contributed by atoms with van der Waals surface area (Å²) in [6.45, 7) is 5.69. The highest BCUT2D eigenvalue weighted by Gasteiger charge is 2.44. The molecular weight excluding hydrogens is 210 g/mol. The summed E-state index contributed by atoms with van der Waals surface area (Å²) in [6, 6.07) is 0. The van der Waals surface area contributed by atoms with Crippen LogP contribution < -0.4 is 5.73 Å². The Balaban J connectivity index is 4.71. The predicted molar refractivity (Wildman–Crippen MR) is 59.7 cm³/mol. The van der Waals surface area contributed by atoms with Gasteiger partial charge in [-0.1, -0.05) is 19.8 Å². The van der Waals surface area contributed by atoms with Crippen LogP contribution in [0.15, 0.2) is 0 Å². The van der Waals surface area contributed by atoms with Crippen LogP contribution in [0, 0.1) is 0 Å². The second-order valence-corrected chi connectivity index (χ2v) is 3.52. The van der Waals surface area contributed by atoms with Crippen LogP contribution in [-0.4, -0.2) is 30.7 Å². The minimum atomic E-state index is -1.65. The summed E-state index contributed by atoms with van der Waals surface area (Å²) < 4.78 is 9.61. The zero-order valence-corrected chi connectivity index (χ0v) is 10.2. The molecule has 0 saturated carbocycles. The van der Waals surface area contributed by atoms with Gasteiger partial charge in [-0.2, -0.15) is 0 Å². The highest BCUT2D eigenvalue weighted by molar-refractivity contribution is 6.04. The van der Waals surface area contributed by atoms with E-state index in [0.717, 1.165) is 6.42 Å². The second kappa shape index (κ2) is 7.22. The lowest BCUT2D eigenvalue weighted by molar-refractivity contribution is -0.164. The molecule has 0 amide bonds. The van der Waals surface area contributed by atoms with Crippen molar-refractivity contribution in [1.29, 1.82) is 0 Å². The number of ether oxygens (including phenoxy) is 2. The Morgan fingerprint density at radius 2 is 1.50 bits per heavy atom. The van der Waals surface area contributed by atoms with Crippen molar-refractivity contribution in [2.75, 3.05) is 13.2 Å². The first-order chi connectivity index (χ1) is 7.52. The highest BCUT2D eigenvalue weighted by atomic mass is 16.6. The van der Waals surface area contributed by atoms with Gasteiger partial charge in [-0.3, -0.25) is 0 Å². The van der Waals surface area contributed by atoms with Crippen LogP contribution in [0.2, 0.25) is 0 Å². The van der Waals surface area contributed by atoms with Crippen LogP contribution in [0.25, 0.3) is 0 Å². The van der Waals surface area contributed by atoms with Gasteiger partial charge in [0.15, 0.2) is 0 Å². The summed E-state index contributed by atoms with van der Waals surface area (Å²) in [7, 11) is 0. The van der Waals surface area contributed by atoms with Gasteiger partial charge in [0.2, 0.25) is 5.54 Å². The minimum Gasteiger partial charge on any atom is -0.464 e. The van der Waals surface area contributed by atoms with Gasteiger partial charge in [0.25, 0.3) is 0 Å². The molecule has 0 atom stereocenters. The van der Waals surface area contributed by atoms with E-state index in [4.69, 9.17) is 15.2 Å². The number of unbranched alkanes of at least 4 members (excludes halogenated alkanes) is 1. The molecule has 0 heterocycles. The number of hydrogen-bond donors (Lipinski definition) is 1. The van der Waals surface area contributed by atoms with Crippen molar-refractivity contribution in [3.05, 3.63) is 0 Å². The van der Waals surface area contributed by atoms with Crippen LogP contribution in [0.4, 0.5) is 0 Å². The van der Waals surface area contributed by atoms with E-state index in [1.54, 1.807) is 13.8 Å². The Hall–Kier alpha value is -1.10. The van der Waals surface area contributed by atoms with E-state index in [9.17, 15) is 9.59 Å². The number of nitrogens with two attached hydrogens (primary N) is 1. The molecular formula is C11H21NO4. The predicted octanol–water partition coefficient (Wildman–Crippen LogP) is 1.00. The van der Waals surface area contributed by atoms with Crippen molar-refractivity contribution >= 4 is 11.9 Å². The van der Waals surface area contributed by atoms with Crippen molar-refractivity contribution < 1.29 is 19.1 Å². The third-order valence-electron chi connectivity index (χ3n) is 2.20. The average Bonchev–Trinajstić information content (AvgIpc) is 2.26. The van der Waals surface area contributed by atoms with Crippen molar-refractivity contribution in [1.82, 2.24) is 0 Å². The first kappa shape index (κ1) is 14.9. The fraction of sp³-hybridized carbons (Fsp3) is 0.818. The van der Waals surface area contributed by atoms with Crippen LogP contribution >= 0.6 is 0 Å². The first-order valence-corrected chi connectivity index (χ1v) is 5.66. The maximum atomic E-state index is 11.6. The monoisotopic (exact) mass is 231 g/mol. The Morgan fingerprint density at radius 3 is 1.81 bits per heavy atom. The molecule has 0 aromatic rings. The first-order valence-electron chi connectivity index (χ1n) is 5.66. The Kier molecular flexibility index (Phi) is 6.72. The fourth-order valence-corrected chi connectivity index (χ4v) is 1.26. The maximum absolute atomic E-state index is 11.6. The van der Waals surface area contributed by atoms with Gasteiger partial charge >= 0.3 is 11.9 Å². The molecule has 0 radical (unpaired) electrons. The lowest BCUT2D eigenvalue weighted by atomic mass is 9.94. The van der Waals surface area contributed by atoms with Crippen molar-refractivity contribution in [3.63, 3.8) is 0 Å². The molecule has 0 aromatic heterocycles. The van der Waals surface area contributed by atoms with E-state index in [0.29, 0.717) is 6.42 Å². The van der Waals surface area contributed by atoms with Gasteiger partial charge < -0.3 is 15.2 Å². The third-order valence-corrected chi connectivity index (χ3v) is 2.20. The van der Waals surface area contributed by atoms with Gasteiger partial charge in [0.1, 0.15) is 0 Å². The summed E-state index contributed by atoms with van der Waals surface area (Å²) in [5, 5.41) is 0. The molecule has 0 aliphatic heterocycles. The lowest BCUT2D eigenvalue weighted by Gasteiger charge is -2.24. The molecule has 5 heteroatoms. The largest absolute Gasteiger partial charge is 0.464 e. The van der Waals surface area contributed by atoms with Gasteiger partial charge in [-0.25, -0.2) is 9.59 Å². The zero-order valence-electron chi connectivity index (χ0n) is 10.2. The van der Waals surface area contributed by atoms with E-state index < -0.39 is 17.5 Å². The number of esters is 2. The number of rotatable bonds is 7. The van der Waals surface area contributed by atoms with Gasteiger partial charge in [-0.05, 0) is 20.3 Å². The summed E-state index contributed by atoms with van der Waals surface area (Å²) in [5.41, 5.74) is 4.14. The average molecular weight is 231 g/mol.